The summed E-state index contributed by atoms with van der Waals surface area (Å²) in [6.07, 6.45) is 0. The highest BCUT2D eigenvalue weighted by Gasteiger charge is 2.08. The fourth-order valence-electron chi connectivity index (χ4n) is 0.382. The minimum Gasteiger partial charge on any atom is -0.326 e. The maximum Gasteiger partial charge on any atom is 0.343 e. The molecule has 0 atom stereocenters. The van der Waals surface area contributed by atoms with Crippen molar-refractivity contribution < 1.29 is 10.0 Å². The lowest BCUT2D eigenvalue weighted by Gasteiger charge is -2.17. The van der Waals surface area contributed by atoms with Gasteiger partial charge in [0.1, 0.15) is 0 Å². The molecule has 0 aromatic carbocycles. The largest absolute Gasteiger partial charge is 0.343 e. The summed E-state index contributed by atoms with van der Waals surface area (Å²) >= 11 is 0. The molecule has 0 aromatic heterocycles. The summed E-state index contributed by atoms with van der Waals surface area (Å²) in [6.45, 7) is 2.44. The Morgan fingerprint density at radius 3 is 2.11 bits per heavy atom. The number of carbonyl (C=O) groups excluding carboxylic acids is 1. The smallest absolute Gasteiger partial charge is 0.326 e. The van der Waals surface area contributed by atoms with Gasteiger partial charge in [0.15, 0.2) is 0 Å². The molecular formula is C5H12N2O2. The van der Waals surface area contributed by atoms with Gasteiger partial charge in [-0.1, -0.05) is 0 Å². The van der Waals surface area contributed by atoms with Crippen molar-refractivity contribution in [3.05, 3.63) is 0 Å². The fourth-order valence-corrected chi connectivity index (χ4v) is 0.382. The van der Waals surface area contributed by atoms with Gasteiger partial charge in [-0.2, -0.15) is 0 Å². The van der Waals surface area contributed by atoms with Gasteiger partial charge in [-0.25, -0.2) is 9.86 Å². The summed E-state index contributed by atoms with van der Waals surface area (Å²) in [6, 6.07) is -0.391. The molecular weight excluding hydrogens is 120 g/mol. The van der Waals surface area contributed by atoms with Crippen LogP contribution in [-0.2, 0) is 0 Å². The van der Waals surface area contributed by atoms with Crippen LogP contribution in [0.15, 0.2) is 0 Å². The van der Waals surface area contributed by atoms with Gasteiger partial charge in [-0.3, -0.25) is 5.21 Å². The van der Waals surface area contributed by atoms with Crippen molar-refractivity contribution in [3.63, 3.8) is 0 Å². The second-order valence-electron chi connectivity index (χ2n) is 1.82. The first-order valence-electron chi connectivity index (χ1n) is 2.77. The Hall–Kier alpha value is -0.770. The van der Waals surface area contributed by atoms with Crippen molar-refractivity contribution in [2.24, 2.45) is 0 Å². The molecule has 0 aliphatic carbocycles. The average Bonchev–Trinajstić information content (AvgIpc) is 1.84. The van der Waals surface area contributed by atoms with E-state index in [9.17, 15) is 4.79 Å². The summed E-state index contributed by atoms with van der Waals surface area (Å²) < 4.78 is 0. The van der Waals surface area contributed by atoms with Crippen LogP contribution in [0, 0.1) is 0 Å². The van der Waals surface area contributed by atoms with Gasteiger partial charge in [0.2, 0.25) is 0 Å². The summed E-state index contributed by atoms with van der Waals surface area (Å²) in [5.74, 6) is 0. The number of nitrogens with zero attached hydrogens (tertiary/aromatic N) is 2. The van der Waals surface area contributed by atoms with Gasteiger partial charge in [0.25, 0.3) is 0 Å². The summed E-state index contributed by atoms with van der Waals surface area (Å²) in [4.78, 5) is 12.1. The maximum absolute atomic E-state index is 10.7. The van der Waals surface area contributed by atoms with Crippen LogP contribution in [0.3, 0.4) is 0 Å². The van der Waals surface area contributed by atoms with Crippen LogP contribution in [-0.4, -0.2) is 41.8 Å². The molecule has 0 saturated heterocycles. The second-order valence-corrected chi connectivity index (χ2v) is 1.82. The molecule has 0 heterocycles. The van der Waals surface area contributed by atoms with Crippen molar-refractivity contribution >= 4 is 6.03 Å². The van der Waals surface area contributed by atoms with Crippen molar-refractivity contribution in [3.8, 4) is 0 Å². The number of hydrogen-bond donors (Lipinski definition) is 1. The quantitative estimate of drug-likeness (QED) is 0.414. The number of hydrogen-bond acceptors (Lipinski definition) is 2. The van der Waals surface area contributed by atoms with E-state index in [0.717, 1.165) is 0 Å². The second kappa shape index (κ2) is 3.29. The first-order chi connectivity index (χ1) is 4.09. The number of urea groups is 1. The van der Waals surface area contributed by atoms with E-state index in [1.165, 1.54) is 11.9 Å². The van der Waals surface area contributed by atoms with Crippen LogP contribution in [0.4, 0.5) is 4.79 Å². The first kappa shape index (κ1) is 8.23. The molecule has 0 bridgehead atoms. The van der Waals surface area contributed by atoms with Crippen LogP contribution in [0.1, 0.15) is 6.92 Å². The highest BCUT2D eigenvalue weighted by Crippen LogP contribution is 1.87. The van der Waals surface area contributed by atoms with Crippen LogP contribution in [0.5, 0.6) is 0 Å². The van der Waals surface area contributed by atoms with Gasteiger partial charge in [-0.15, -0.1) is 0 Å². The zero-order valence-electron chi connectivity index (χ0n) is 5.96. The lowest BCUT2D eigenvalue weighted by molar-refractivity contribution is -0.0306. The number of rotatable bonds is 1. The Labute approximate surface area is 54.6 Å². The first-order valence-corrected chi connectivity index (χ1v) is 2.77. The predicted molar refractivity (Wildman–Crippen MR) is 33.2 cm³/mol. The van der Waals surface area contributed by atoms with Crippen LogP contribution in [0.25, 0.3) is 0 Å². The third-order valence-electron chi connectivity index (χ3n) is 1.08. The highest BCUT2D eigenvalue weighted by atomic mass is 16.5. The zero-order chi connectivity index (χ0) is 7.44. The third-order valence-corrected chi connectivity index (χ3v) is 1.08. The molecule has 0 aromatic rings. The maximum atomic E-state index is 10.7. The van der Waals surface area contributed by atoms with E-state index in [4.69, 9.17) is 5.21 Å². The van der Waals surface area contributed by atoms with Gasteiger partial charge in [0, 0.05) is 20.6 Å². The Morgan fingerprint density at radius 1 is 1.56 bits per heavy atom. The highest BCUT2D eigenvalue weighted by molar-refractivity contribution is 5.72. The molecule has 4 nitrogen and oxygen atoms in total. The lowest BCUT2D eigenvalue weighted by Crippen LogP contribution is -2.36. The minimum atomic E-state index is -0.391. The van der Waals surface area contributed by atoms with E-state index >= 15 is 0 Å². The normalized spacial score (nSPS) is 8.89. The molecule has 0 unspecified atom stereocenters. The van der Waals surface area contributed by atoms with E-state index < -0.39 is 6.03 Å². The van der Waals surface area contributed by atoms with E-state index in [1.807, 2.05) is 6.92 Å². The number of hydroxylamine groups is 2. The summed E-state index contributed by atoms with van der Waals surface area (Å²) in [7, 11) is 2.92. The van der Waals surface area contributed by atoms with Crippen molar-refractivity contribution in [2.75, 3.05) is 20.6 Å². The Kier molecular flexibility index (Phi) is 3.01. The van der Waals surface area contributed by atoms with Crippen LogP contribution < -0.4 is 0 Å². The molecule has 2 amide bonds. The van der Waals surface area contributed by atoms with Gasteiger partial charge >= 0.3 is 6.03 Å². The molecule has 0 saturated carbocycles. The molecule has 1 N–H and O–H groups in total. The molecule has 54 valence electrons. The predicted octanol–water partition coefficient (Wildman–Crippen LogP) is 0.379. The molecule has 0 radical (unpaired) electrons. The molecule has 0 rings (SSSR count). The van der Waals surface area contributed by atoms with E-state index in [1.54, 1.807) is 7.05 Å². The van der Waals surface area contributed by atoms with Gasteiger partial charge < -0.3 is 4.90 Å². The number of carbonyl (C=O) groups is 1. The van der Waals surface area contributed by atoms with Crippen molar-refractivity contribution in [1.82, 2.24) is 9.96 Å². The SMILES string of the molecule is CCN(C)C(=O)N(C)O. The van der Waals surface area contributed by atoms with E-state index in [0.29, 0.717) is 11.6 Å². The Balaban J connectivity index is 3.73. The third kappa shape index (κ3) is 2.32. The lowest BCUT2D eigenvalue weighted by atomic mass is 10.6. The fraction of sp³-hybridized carbons (Fsp3) is 0.800. The van der Waals surface area contributed by atoms with Gasteiger partial charge in [-0.05, 0) is 6.92 Å². The average molecular weight is 132 g/mol. The molecule has 0 spiro atoms. The Morgan fingerprint density at radius 2 is 2.00 bits per heavy atom. The van der Waals surface area contributed by atoms with Crippen LogP contribution in [0.2, 0.25) is 0 Å². The molecule has 0 aliphatic rings. The topological polar surface area (TPSA) is 43.8 Å². The van der Waals surface area contributed by atoms with E-state index in [-0.39, 0.29) is 0 Å². The monoisotopic (exact) mass is 132 g/mol. The molecule has 0 aliphatic heterocycles. The van der Waals surface area contributed by atoms with Crippen LogP contribution >= 0.6 is 0 Å². The standard InChI is InChI=1S/C5H12N2O2/c1-4-6(2)5(8)7(3)9/h9H,4H2,1-3H3. The molecule has 9 heavy (non-hydrogen) atoms. The molecule has 0 fully saturated rings. The van der Waals surface area contributed by atoms with E-state index in [2.05, 4.69) is 0 Å². The summed E-state index contributed by atoms with van der Waals surface area (Å²) in [5, 5.41) is 9.12. The Bertz CT molecular complexity index is 103. The minimum absolute atomic E-state index is 0.391. The molecule has 4 heteroatoms. The van der Waals surface area contributed by atoms with Crippen molar-refractivity contribution in [1.29, 1.82) is 0 Å². The van der Waals surface area contributed by atoms with Crippen molar-refractivity contribution in [2.45, 2.75) is 6.92 Å². The summed E-state index contributed by atoms with van der Waals surface area (Å²) in [5.41, 5.74) is 0. The van der Waals surface area contributed by atoms with Gasteiger partial charge in [0.05, 0.1) is 0 Å². The zero-order valence-corrected chi connectivity index (χ0v) is 5.96. The number of amides is 2.